The van der Waals surface area contributed by atoms with Gasteiger partial charge in [-0.1, -0.05) is 19.3 Å². The minimum atomic E-state index is 0. The van der Waals surface area contributed by atoms with E-state index in [0.717, 1.165) is 6.04 Å². The van der Waals surface area contributed by atoms with Gasteiger partial charge in [0.15, 0.2) is 0 Å². The van der Waals surface area contributed by atoms with Gasteiger partial charge in [-0.2, -0.15) is 21.1 Å². The van der Waals surface area contributed by atoms with Gasteiger partial charge < -0.3 is 10.6 Å². The normalized spacial score (nSPS) is 14.5. The average Bonchev–Trinajstić information content (AvgIpc) is 1.64. The second kappa shape index (κ2) is 15.1. The molecule has 1 aliphatic carbocycles. The van der Waals surface area contributed by atoms with Gasteiger partial charge in [0.25, 0.3) is 0 Å². The van der Waals surface area contributed by atoms with Crippen LogP contribution in [0, 0.1) is 0 Å². The molecule has 59 valence electrons. The van der Waals surface area contributed by atoms with Gasteiger partial charge in [-0.05, 0) is 0 Å². The molecular formula is C7H16KN2Y-. The summed E-state index contributed by atoms with van der Waals surface area (Å²) in [5.74, 6) is 0. The van der Waals surface area contributed by atoms with E-state index in [0.29, 0.717) is 0 Å². The summed E-state index contributed by atoms with van der Waals surface area (Å²) in [6, 6.07) is 0.741. The van der Waals surface area contributed by atoms with Gasteiger partial charge in [0.1, 0.15) is 0 Å². The van der Waals surface area contributed by atoms with E-state index in [2.05, 4.69) is 10.6 Å². The third-order valence-electron chi connectivity index (χ3n) is 1.44. The summed E-state index contributed by atoms with van der Waals surface area (Å²) in [5, 5.41) is 7.59. The van der Waals surface area contributed by atoms with E-state index in [1.54, 1.807) is 14.1 Å². The summed E-state index contributed by atoms with van der Waals surface area (Å²) in [7, 11) is 5.41. The molecule has 1 rings (SSSR count). The summed E-state index contributed by atoms with van der Waals surface area (Å²) in [4.78, 5) is 0. The molecule has 1 saturated carbocycles. The number of nitrogens with zero attached hydrogens (tertiary/aromatic N) is 2. The summed E-state index contributed by atoms with van der Waals surface area (Å²) in [5.41, 5.74) is 0. The smallest absolute Gasteiger partial charge is 0.668 e. The van der Waals surface area contributed by atoms with Gasteiger partial charge in [0.05, 0.1) is 0 Å². The first-order valence-electron chi connectivity index (χ1n) is 3.42. The van der Waals surface area contributed by atoms with Crippen molar-refractivity contribution in [2.45, 2.75) is 25.3 Å². The Labute approximate surface area is 138 Å². The second-order valence-electron chi connectivity index (χ2n) is 2.29. The zero-order valence-corrected chi connectivity index (χ0v) is 14.1. The molecule has 0 atom stereocenters. The summed E-state index contributed by atoms with van der Waals surface area (Å²) in [6.07, 6.45) is 4.09. The molecule has 0 aromatic rings. The van der Waals surface area contributed by atoms with Crippen molar-refractivity contribution in [3.8, 4) is 0 Å². The van der Waals surface area contributed by atoms with Crippen LogP contribution in [0.4, 0.5) is 0 Å². The van der Waals surface area contributed by atoms with Crippen LogP contribution in [0.15, 0.2) is 0 Å². The quantitative estimate of drug-likeness (QED) is 0.548. The maximum Gasteiger partial charge on any atom is 1.00 e. The molecule has 1 radical (unpaired) electrons. The van der Waals surface area contributed by atoms with Crippen LogP contribution in [0.2, 0.25) is 0 Å². The molecule has 0 heterocycles. The fourth-order valence-corrected chi connectivity index (χ4v) is 0.645. The van der Waals surface area contributed by atoms with Gasteiger partial charge in [-0.3, -0.25) is 0 Å². The van der Waals surface area contributed by atoms with Crippen molar-refractivity contribution in [1.82, 2.24) is 0 Å². The third kappa shape index (κ3) is 12.7. The zero-order valence-electron chi connectivity index (χ0n) is 8.17. The fourth-order valence-electron chi connectivity index (χ4n) is 0.645. The Bertz CT molecular complexity index is 57.6. The van der Waals surface area contributed by atoms with E-state index in [1.165, 1.54) is 19.3 Å². The molecule has 1 aliphatic rings. The molecule has 1 fully saturated rings. The topological polar surface area (TPSA) is 28.2 Å². The summed E-state index contributed by atoms with van der Waals surface area (Å²) in [6.45, 7) is 0. The first-order valence-corrected chi connectivity index (χ1v) is 3.42. The molecule has 0 saturated heterocycles. The van der Waals surface area contributed by atoms with E-state index in [-0.39, 0.29) is 84.1 Å². The largest absolute Gasteiger partial charge is 1.00 e. The van der Waals surface area contributed by atoms with E-state index in [1.807, 2.05) is 7.05 Å². The van der Waals surface area contributed by atoms with Gasteiger partial charge in [-0.15, -0.1) is 6.04 Å². The van der Waals surface area contributed by atoms with Crippen LogP contribution in [0.25, 0.3) is 10.6 Å². The summed E-state index contributed by atoms with van der Waals surface area (Å²) < 4.78 is 0. The molecule has 2 nitrogen and oxygen atoms in total. The molecule has 4 heteroatoms. The van der Waals surface area contributed by atoms with E-state index < -0.39 is 0 Å². The van der Waals surface area contributed by atoms with Crippen molar-refractivity contribution in [3.05, 3.63) is 10.6 Å². The number of hydrogen-bond donors (Lipinski definition) is 0. The van der Waals surface area contributed by atoms with Crippen LogP contribution in [0.3, 0.4) is 0 Å². The van der Waals surface area contributed by atoms with Gasteiger partial charge >= 0.3 is 51.4 Å². The molecule has 0 N–H and O–H groups in total. The third-order valence-corrected chi connectivity index (χ3v) is 1.44. The average molecular weight is 256 g/mol. The standard InChI is InChI=1S/C5H10N.C2H6N.K.Y/c1-6-5-3-2-4-5;1-3-2;;/h5H,2-4H2,1H3;1-2H3;;/q2*-1;+1;. The van der Waals surface area contributed by atoms with Crippen LogP contribution < -0.4 is 51.4 Å². The molecule has 11 heavy (non-hydrogen) atoms. The monoisotopic (exact) mass is 256 g/mol. The SMILES string of the molecule is C[N-]C.C[N-]C1CCC1.[K+].[Y]. The fraction of sp³-hybridized carbons (Fsp3) is 1.00. The molecule has 0 aromatic heterocycles. The maximum atomic E-state index is 4.09. The van der Waals surface area contributed by atoms with Crippen LogP contribution >= 0.6 is 0 Å². The van der Waals surface area contributed by atoms with E-state index in [4.69, 9.17) is 0 Å². The van der Waals surface area contributed by atoms with Crippen LogP contribution in [0.1, 0.15) is 19.3 Å². The molecular weight excluding hydrogens is 240 g/mol. The molecule has 0 spiro atoms. The zero-order chi connectivity index (χ0) is 7.11. The minimum Gasteiger partial charge on any atom is -0.668 e. The van der Waals surface area contributed by atoms with Crippen molar-refractivity contribution < 1.29 is 84.1 Å². The number of rotatable bonds is 1. The Kier molecular flexibility index (Phi) is 26.5. The maximum absolute atomic E-state index is 4.09. The number of hydrogen-bond acceptors (Lipinski definition) is 0. The van der Waals surface area contributed by atoms with Crippen molar-refractivity contribution in [1.29, 1.82) is 0 Å². The van der Waals surface area contributed by atoms with Crippen LogP contribution in [-0.2, 0) is 32.7 Å². The molecule has 0 aliphatic heterocycles. The van der Waals surface area contributed by atoms with Crippen LogP contribution in [0.5, 0.6) is 0 Å². The Balaban J connectivity index is -0.000000116. The second-order valence-corrected chi connectivity index (χ2v) is 2.29. The Morgan fingerprint density at radius 1 is 1.09 bits per heavy atom. The Morgan fingerprint density at radius 2 is 1.45 bits per heavy atom. The molecule has 0 aromatic carbocycles. The molecule has 0 unspecified atom stereocenters. The van der Waals surface area contributed by atoms with Gasteiger partial charge in [0, 0.05) is 32.7 Å². The predicted molar refractivity (Wildman–Crippen MR) is 42.1 cm³/mol. The van der Waals surface area contributed by atoms with Gasteiger partial charge in [0.2, 0.25) is 0 Å². The first kappa shape index (κ1) is 19.3. The first-order chi connectivity index (χ1) is 4.35. The molecule has 0 amide bonds. The minimum absolute atomic E-state index is 0. The van der Waals surface area contributed by atoms with Crippen molar-refractivity contribution in [2.24, 2.45) is 0 Å². The van der Waals surface area contributed by atoms with E-state index in [9.17, 15) is 0 Å². The van der Waals surface area contributed by atoms with Crippen molar-refractivity contribution >= 4 is 0 Å². The summed E-state index contributed by atoms with van der Waals surface area (Å²) >= 11 is 0. The molecule has 0 bridgehead atoms. The Morgan fingerprint density at radius 3 is 1.45 bits per heavy atom. The van der Waals surface area contributed by atoms with Crippen LogP contribution in [-0.4, -0.2) is 27.2 Å². The Hall–Kier alpha value is 2.66. The van der Waals surface area contributed by atoms with Crippen molar-refractivity contribution in [2.75, 3.05) is 21.1 Å². The predicted octanol–water partition coefficient (Wildman–Crippen LogP) is -0.836. The van der Waals surface area contributed by atoms with Crippen molar-refractivity contribution in [3.63, 3.8) is 0 Å². The van der Waals surface area contributed by atoms with E-state index >= 15 is 0 Å². The van der Waals surface area contributed by atoms with Gasteiger partial charge in [-0.25, -0.2) is 0 Å².